The van der Waals surface area contributed by atoms with Crippen LogP contribution in [0.2, 0.25) is 0 Å². The third-order valence-corrected chi connectivity index (χ3v) is 7.01. The van der Waals surface area contributed by atoms with E-state index in [0.717, 1.165) is 10.4 Å². The minimum atomic E-state index is -5.00. The van der Waals surface area contributed by atoms with Crippen LogP contribution in [-0.4, -0.2) is 38.9 Å². The highest BCUT2D eigenvalue weighted by atomic mass is 19.4. The average Bonchev–Trinajstić information content (AvgIpc) is 3.22. The highest BCUT2D eigenvalue weighted by molar-refractivity contribution is 5.90. The Labute approximate surface area is 232 Å². The molecular formula is C27H30F6N6O2. The van der Waals surface area contributed by atoms with Crippen LogP contribution in [0.15, 0.2) is 36.4 Å². The average molecular weight is 585 g/mol. The maximum Gasteiger partial charge on any atom is 0.416 e. The molecular weight excluding hydrogens is 554 g/mol. The Balaban J connectivity index is 1.91. The van der Waals surface area contributed by atoms with Crippen LogP contribution in [0.3, 0.4) is 0 Å². The van der Waals surface area contributed by atoms with E-state index < -0.39 is 41.7 Å². The second-order valence-electron chi connectivity index (χ2n) is 10.5. The summed E-state index contributed by atoms with van der Waals surface area (Å²) in [6.45, 7) is 6.95. The molecule has 1 amide bonds. The molecule has 3 aromatic rings. The molecule has 0 unspecified atom stereocenters. The number of carbonyl (C=O) groups is 1. The van der Waals surface area contributed by atoms with Gasteiger partial charge in [-0.3, -0.25) is 4.90 Å². The van der Waals surface area contributed by atoms with Gasteiger partial charge in [-0.25, -0.2) is 4.79 Å². The molecule has 41 heavy (non-hydrogen) atoms. The van der Waals surface area contributed by atoms with Gasteiger partial charge in [0.15, 0.2) is 0 Å². The molecule has 0 spiro atoms. The van der Waals surface area contributed by atoms with Crippen molar-refractivity contribution < 1.29 is 35.9 Å². The molecule has 0 saturated heterocycles. The number of aromatic nitrogens is 4. The third-order valence-electron chi connectivity index (χ3n) is 7.01. The number of alkyl halides is 6. The number of aryl methyl sites for hydroxylation is 2. The molecule has 222 valence electrons. The number of carbonyl (C=O) groups excluding carboxylic acids is 1. The van der Waals surface area contributed by atoms with Crippen molar-refractivity contribution in [3.63, 3.8) is 0 Å². The van der Waals surface area contributed by atoms with E-state index in [1.54, 1.807) is 37.8 Å². The monoisotopic (exact) mass is 584 g/mol. The number of rotatable bonds is 5. The number of benzene rings is 2. The Hall–Kier alpha value is -3.84. The van der Waals surface area contributed by atoms with Crippen molar-refractivity contribution in [2.24, 2.45) is 7.05 Å². The second kappa shape index (κ2) is 10.9. The fraction of sp³-hybridized carbons (Fsp3) is 0.481. The molecule has 1 aromatic heterocycles. The Kier molecular flexibility index (Phi) is 7.98. The lowest BCUT2D eigenvalue weighted by molar-refractivity contribution is -0.143. The van der Waals surface area contributed by atoms with Crippen LogP contribution < -0.4 is 9.80 Å². The van der Waals surface area contributed by atoms with E-state index in [2.05, 4.69) is 15.4 Å². The molecule has 0 radical (unpaired) electrons. The minimum Gasteiger partial charge on any atom is -0.446 e. The van der Waals surface area contributed by atoms with Gasteiger partial charge in [-0.1, -0.05) is 23.3 Å². The second-order valence-corrected chi connectivity index (χ2v) is 10.5. The normalized spacial score (nSPS) is 17.8. The Morgan fingerprint density at radius 2 is 1.73 bits per heavy atom. The molecule has 1 aliphatic rings. The highest BCUT2D eigenvalue weighted by Crippen LogP contribution is 2.45. The smallest absolute Gasteiger partial charge is 0.416 e. The van der Waals surface area contributed by atoms with Crippen LogP contribution in [0.4, 0.5) is 42.8 Å². The molecule has 0 N–H and O–H groups in total. The van der Waals surface area contributed by atoms with Gasteiger partial charge in [0.2, 0.25) is 0 Å². The molecule has 0 fully saturated rings. The molecule has 2 heterocycles. The Morgan fingerprint density at radius 1 is 1.10 bits per heavy atom. The lowest BCUT2D eigenvalue weighted by Crippen LogP contribution is -2.45. The van der Waals surface area contributed by atoms with Crippen molar-refractivity contribution in [1.82, 2.24) is 20.2 Å². The Morgan fingerprint density at radius 3 is 2.27 bits per heavy atom. The van der Waals surface area contributed by atoms with E-state index in [-0.39, 0.29) is 30.2 Å². The molecule has 8 nitrogen and oxygen atoms in total. The van der Waals surface area contributed by atoms with E-state index in [1.807, 2.05) is 13.0 Å². The fourth-order valence-corrected chi connectivity index (χ4v) is 5.15. The molecule has 0 aliphatic carbocycles. The maximum atomic E-state index is 13.7. The SMILES string of the molecule is Cc1cccc2c1N(C(=O)OC(C)C)CCC[C@]2(C)N(Cc1cc(C(F)(F)F)cc(C(F)(F)F)c1)c1nnn(C)n1. The minimum absolute atomic E-state index is 0.00614. The summed E-state index contributed by atoms with van der Waals surface area (Å²) in [5.74, 6) is 0.00614. The first kappa shape index (κ1) is 30.1. The van der Waals surface area contributed by atoms with Crippen LogP contribution in [0.25, 0.3) is 0 Å². The highest BCUT2D eigenvalue weighted by Gasteiger charge is 2.43. The summed E-state index contributed by atoms with van der Waals surface area (Å²) in [4.78, 5) is 17.3. The number of halogens is 6. The molecule has 14 heteroatoms. The maximum absolute atomic E-state index is 13.7. The summed E-state index contributed by atoms with van der Waals surface area (Å²) < 4.78 is 87.5. The van der Waals surface area contributed by atoms with Crippen LogP contribution >= 0.6 is 0 Å². The summed E-state index contributed by atoms with van der Waals surface area (Å²) in [5, 5.41) is 12.2. The summed E-state index contributed by atoms with van der Waals surface area (Å²) in [6, 6.07) is 6.86. The van der Waals surface area contributed by atoms with Crippen molar-refractivity contribution in [1.29, 1.82) is 0 Å². The first-order valence-electron chi connectivity index (χ1n) is 12.9. The topological polar surface area (TPSA) is 76.4 Å². The van der Waals surface area contributed by atoms with Gasteiger partial charge in [0.05, 0.1) is 35.5 Å². The zero-order valence-corrected chi connectivity index (χ0v) is 23.1. The van der Waals surface area contributed by atoms with E-state index in [1.165, 1.54) is 11.9 Å². The van der Waals surface area contributed by atoms with E-state index in [9.17, 15) is 31.1 Å². The van der Waals surface area contributed by atoms with Gasteiger partial charge in [-0.15, -0.1) is 5.10 Å². The molecule has 1 atom stereocenters. The molecule has 1 aliphatic heterocycles. The third kappa shape index (κ3) is 6.25. The van der Waals surface area contributed by atoms with Gasteiger partial charge in [-0.2, -0.15) is 31.1 Å². The molecule has 4 rings (SSSR count). The van der Waals surface area contributed by atoms with Gasteiger partial charge < -0.3 is 9.64 Å². The number of tetrazole rings is 1. The van der Waals surface area contributed by atoms with Crippen LogP contribution in [-0.2, 0) is 36.2 Å². The summed E-state index contributed by atoms with van der Waals surface area (Å²) in [7, 11) is 1.50. The number of fused-ring (bicyclic) bond motifs is 1. The molecule has 2 aromatic carbocycles. The number of hydrogen-bond acceptors (Lipinski definition) is 6. The number of ether oxygens (including phenoxy) is 1. The fourth-order valence-electron chi connectivity index (χ4n) is 5.15. The van der Waals surface area contributed by atoms with Gasteiger partial charge in [0, 0.05) is 18.7 Å². The van der Waals surface area contributed by atoms with Crippen molar-refractivity contribution in [3.05, 3.63) is 64.2 Å². The first-order valence-corrected chi connectivity index (χ1v) is 12.9. The van der Waals surface area contributed by atoms with Gasteiger partial charge in [0.25, 0.3) is 5.95 Å². The van der Waals surface area contributed by atoms with Gasteiger partial charge in [-0.05, 0) is 75.1 Å². The largest absolute Gasteiger partial charge is 0.446 e. The summed E-state index contributed by atoms with van der Waals surface area (Å²) in [6.07, 6.45) is -10.1. The zero-order chi connectivity index (χ0) is 30.3. The first-order chi connectivity index (χ1) is 19.0. The number of nitrogens with zero attached hydrogens (tertiary/aromatic N) is 6. The van der Waals surface area contributed by atoms with Crippen LogP contribution in [0, 0.1) is 6.92 Å². The van der Waals surface area contributed by atoms with Crippen molar-refractivity contribution in [2.45, 2.75) is 71.1 Å². The van der Waals surface area contributed by atoms with Gasteiger partial charge in [0.1, 0.15) is 0 Å². The van der Waals surface area contributed by atoms with Crippen molar-refractivity contribution in [3.8, 4) is 0 Å². The standard InChI is InChI=1S/C27H30F6N6O2/c1-16(2)41-24(40)38-11-7-10-25(4,21-9-6-8-17(3)22(21)38)39(23-34-36-37(5)35-23)15-18-12-19(26(28,29)30)14-20(13-18)27(31,32)33/h6,8-9,12-14,16H,7,10-11,15H2,1-5H3/t25-/m0/s1. The number of hydrogen-bond donors (Lipinski definition) is 0. The van der Waals surface area contributed by atoms with Crippen molar-refractivity contribution >= 4 is 17.7 Å². The summed E-state index contributed by atoms with van der Waals surface area (Å²) >= 11 is 0. The van der Waals surface area contributed by atoms with E-state index in [4.69, 9.17) is 4.74 Å². The van der Waals surface area contributed by atoms with Gasteiger partial charge >= 0.3 is 18.4 Å². The lowest BCUT2D eigenvalue weighted by atomic mass is 9.84. The number of para-hydroxylation sites is 1. The van der Waals surface area contributed by atoms with Crippen LogP contribution in [0.5, 0.6) is 0 Å². The van der Waals surface area contributed by atoms with E-state index >= 15 is 0 Å². The molecule has 0 bridgehead atoms. The zero-order valence-electron chi connectivity index (χ0n) is 23.1. The van der Waals surface area contributed by atoms with E-state index in [0.29, 0.717) is 36.2 Å². The number of amides is 1. The number of anilines is 2. The predicted molar refractivity (Wildman–Crippen MR) is 138 cm³/mol. The predicted octanol–water partition coefficient (Wildman–Crippen LogP) is 6.62. The lowest BCUT2D eigenvalue weighted by Gasteiger charge is -2.42. The molecule has 0 saturated carbocycles. The summed E-state index contributed by atoms with van der Waals surface area (Å²) in [5.41, 5.74) is -2.25. The quantitative estimate of drug-likeness (QED) is 0.314. The van der Waals surface area contributed by atoms with Crippen LogP contribution in [0.1, 0.15) is 61.4 Å². The van der Waals surface area contributed by atoms with Crippen molar-refractivity contribution in [2.75, 3.05) is 16.3 Å². The Bertz CT molecular complexity index is 1390.